The van der Waals surface area contributed by atoms with Crippen LogP contribution in [-0.4, -0.2) is 32.8 Å². The maximum absolute atomic E-state index is 5.99. The van der Waals surface area contributed by atoms with Crippen LogP contribution in [0, 0.1) is 0 Å². The van der Waals surface area contributed by atoms with E-state index in [2.05, 4.69) is 20.4 Å². The van der Waals surface area contributed by atoms with E-state index in [4.69, 9.17) is 11.6 Å². The topological polar surface area (TPSA) is 55.6 Å². The molecule has 1 N–H and O–H groups in total. The number of aromatic nitrogens is 4. The number of nitrogens with zero attached hydrogens (tertiary/aromatic N) is 4. The van der Waals surface area contributed by atoms with Crippen LogP contribution in [0.2, 0.25) is 5.15 Å². The van der Waals surface area contributed by atoms with E-state index in [1.165, 1.54) is 6.33 Å². The second-order valence-electron chi connectivity index (χ2n) is 3.97. The van der Waals surface area contributed by atoms with Crippen molar-refractivity contribution >= 4 is 22.6 Å². The summed E-state index contributed by atoms with van der Waals surface area (Å²) in [6.45, 7) is 2.07. The highest BCUT2D eigenvalue weighted by molar-refractivity contribution is 6.33. The second kappa shape index (κ2) is 3.99. The molecule has 84 valence electrons. The molecule has 1 fully saturated rings. The van der Waals surface area contributed by atoms with E-state index < -0.39 is 0 Å². The van der Waals surface area contributed by atoms with Gasteiger partial charge in [-0.3, -0.25) is 0 Å². The summed E-state index contributed by atoms with van der Waals surface area (Å²) in [5.41, 5.74) is 0.840. The quantitative estimate of drug-likeness (QED) is 0.762. The van der Waals surface area contributed by atoms with Crippen molar-refractivity contribution in [2.45, 2.75) is 18.9 Å². The fourth-order valence-electron chi connectivity index (χ4n) is 2.15. The van der Waals surface area contributed by atoms with Crippen LogP contribution in [0.1, 0.15) is 18.9 Å². The van der Waals surface area contributed by atoms with E-state index in [9.17, 15) is 0 Å². The van der Waals surface area contributed by atoms with Gasteiger partial charge in [-0.05, 0) is 25.9 Å². The van der Waals surface area contributed by atoms with Gasteiger partial charge in [0, 0.05) is 0 Å². The smallest absolute Gasteiger partial charge is 0.162 e. The van der Waals surface area contributed by atoms with Gasteiger partial charge in [0.25, 0.3) is 0 Å². The van der Waals surface area contributed by atoms with Crippen molar-refractivity contribution < 1.29 is 0 Å². The van der Waals surface area contributed by atoms with Crippen LogP contribution in [0.4, 0.5) is 0 Å². The largest absolute Gasteiger partial charge is 0.317 e. The van der Waals surface area contributed by atoms with Gasteiger partial charge in [-0.2, -0.15) is 5.10 Å². The van der Waals surface area contributed by atoms with Gasteiger partial charge in [-0.1, -0.05) is 11.6 Å². The fourth-order valence-corrected chi connectivity index (χ4v) is 2.33. The molecular weight excluding hydrogens is 226 g/mol. The predicted octanol–water partition coefficient (Wildman–Crippen LogP) is 1.40. The summed E-state index contributed by atoms with van der Waals surface area (Å²) in [5, 5.41) is 9.03. The third-order valence-corrected chi connectivity index (χ3v) is 3.30. The molecule has 0 amide bonds. The van der Waals surface area contributed by atoms with E-state index in [0.29, 0.717) is 11.2 Å². The lowest BCUT2D eigenvalue weighted by Gasteiger charge is -2.23. The molecule has 0 aliphatic carbocycles. The Morgan fingerprint density at radius 3 is 2.94 bits per heavy atom. The number of hydrogen-bond donors (Lipinski definition) is 1. The summed E-state index contributed by atoms with van der Waals surface area (Å²) in [5.74, 6) is 0. The van der Waals surface area contributed by atoms with Gasteiger partial charge >= 0.3 is 0 Å². The molecule has 2 aromatic heterocycles. The van der Waals surface area contributed by atoms with Crippen molar-refractivity contribution in [3.05, 3.63) is 17.7 Å². The van der Waals surface area contributed by atoms with Gasteiger partial charge in [-0.25, -0.2) is 14.6 Å². The molecule has 0 bridgehead atoms. The SMILES string of the molecule is Clc1ncnc2c1cnn2C1CCNCC1. The summed E-state index contributed by atoms with van der Waals surface area (Å²) >= 11 is 5.99. The van der Waals surface area contributed by atoms with Crippen LogP contribution >= 0.6 is 11.6 Å². The minimum atomic E-state index is 0.421. The Hall–Kier alpha value is -1.20. The van der Waals surface area contributed by atoms with Gasteiger partial charge in [0.15, 0.2) is 5.65 Å². The van der Waals surface area contributed by atoms with Gasteiger partial charge in [0.1, 0.15) is 11.5 Å². The van der Waals surface area contributed by atoms with Gasteiger partial charge in [0.05, 0.1) is 17.6 Å². The highest BCUT2D eigenvalue weighted by Crippen LogP contribution is 2.24. The third kappa shape index (κ3) is 1.56. The first-order valence-electron chi connectivity index (χ1n) is 5.40. The first kappa shape index (κ1) is 9.99. The molecule has 16 heavy (non-hydrogen) atoms. The Morgan fingerprint density at radius 2 is 2.12 bits per heavy atom. The van der Waals surface area contributed by atoms with Crippen LogP contribution in [0.3, 0.4) is 0 Å². The van der Waals surface area contributed by atoms with E-state index >= 15 is 0 Å². The standard InChI is InChI=1S/C10H12ClN5/c11-9-8-5-15-16(10(8)14-6-13-9)7-1-3-12-4-2-7/h5-7,12H,1-4H2. The van der Waals surface area contributed by atoms with Crippen molar-refractivity contribution in [1.29, 1.82) is 0 Å². The Kier molecular flexibility index (Phi) is 2.49. The zero-order valence-electron chi connectivity index (χ0n) is 8.73. The van der Waals surface area contributed by atoms with E-state index in [-0.39, 0.29) is 0 Å². The molecule has 0 saturated carbocycles. The monoisotopic (exact) mass is 237 g/mol. The summed E-state index contributed by atoms with van der Waals surface area (Å²) in [7, 11) is 0. The molecule has 1 aliphatic heterocycles. The predicted molar refractivity (Wildman–Crippen MR) is 61.5 cm³/mol. The van der Waals surface area contributed by atoms with Crippen LogP contribution in [0.25, 0.3) is 11.0 Å². The average molecular weight is 238 g/mol. The molecule has 1 aliphatic rings. The lowest BCUT2D eigenvalue weighted by Crippen LogP contribution is -2.29. The average Bonchev–Trinajstić information content (AvgIpc) is 2.75. The van der Waals surface area contributed by atoms with Crippen LogP contribution < -0.4 is 5.32 Å². The number of rotatable bonds is 1. The zero-order chi connectivity index (χ0) is 11.0. The Bertz CT molecular complexity index is 503. The molecule has 0 unspecified atom stereocenters. The molecule has 6 heteroatoms. The molecule has 3 heterocycles. The summed E-state index contributed by atoms with van der Waals surface area (Å²) < 4.78 is 1.98. The van der Waals surface area contributed by atoms with E-state index in [1.54, 1.807) is 6.20 Å². The van der Waals surface area contributed by atoms with Gasteiger partial charge < -0.3 is 5.32 Å². The minimum absolute atomic E-state index is 0.421. The highest BCUT2D eigenvalue weighted by atomic mass is 35.5. The molecule has 0 radical (unpaired) electrons. The molecule has 0 spiro atoms. The molecule has 0 atom stereocenters. The molecule has 5 nitrogen and oxygen atoms in total. The fraction of sp³-hybridized carbons (Fsp3) is 0.500. The normalized spacial score (nSPS) is 18.1. The summed E-state index contributed by atoms with van der Waals surface area (Å²) in [6.07, 6.45) is 5.40. The Balaban J connectivity index is 2.06. The van der Waals surface area contributed by atoms with Crippen LogP contribution in [0.15, 0.2) is 12.5 Å². The molecule has 3 rings (SSSR count). The van der Waals surface area contributed by atoms with E-state index in [1.807, 2.05) is 4.68 Å². The number of hydrogen-bond acceptors (Lipinski definition) is 4. The third-order valence-electron chi connectivity index (χ3n) is 3.00. The first-order chi connectivity index (χ1) is 7.86. The molecule has 0 aromatic carbocycles. The van der Waals surface area contributed by atoms with Crippen LogP contribution in [0.5, 0.6) is 0 Å². The Morgan fingerprint density at radius 1 is 1.31 bits per heavy atom. The molecular formula is C10H12ClN5. The van der Waals surface area contributed by atoms with Crippen molar-refractivity contribution in [2.24, 2.45) is 0 Å². The maximum Gasteiger partial charge on any atom is 0.162 e. The summed E-state index contributed by atoms with van der Waals surface area (Å²) in [4.78, 5) is 8.22. The van der Waals surface area contributed by atoms with Crippen molar-refractivity contribution in [3.8, 4) is 0 Å². The second-order valence-corrected chi connectivity index (χ2v) is 4.33. The number of nitrogens with one attached hydrogen (secondary N) is 1. The zero-order valence-corrected chi connectivity index (χ0v) is 9.48. The number of halogens is 1. The minimum Gasteiger partial charge on any atom is -0.317 e. The van der Waals surface area contributed by atoms with Gasteiger partial charge in [0.2, 0.25) is 0 Å². The maximum atomic E-state index is 5.99. The molecule has 1 saturated heterocycles. The number of piperidine rings is 1. The van der Waals surface area contributed by atoms with Crippen molar-refractivity contribution in [1.82, 2.24) is 25.1 Å². The van der Waals surface area contributed by atoms with Gasteiger partial charge in [-0.15, -0.1) is 0 Å². The molecule has 2 aromatic rings. The first-order valence-corrected chi connectivity index (χ1v) is 5.78. The lowest BCUT2D eigenvalue weighted by atomic mass is 10.1. The lowest BCUT2D eigenvalue weighted by molar-refractivity contribution is 0.349. The highest BCUT2D eigenvalue weighted by Gasteiger charge is 2.19. The Labute approximate surface area is 97.8 Å². The van der Waals surface area contributed by atoms with Crippen molar-refractivity contribution in [2.75, 3.05) is 13.1 Å². The van der Waals surface area contributed by atoms with E-state index in [0.717, 1.165) is 37.0 Å². The van der Waals surface area contributed by atoms with Crippen molar-refractivity contribution in [3.63, 3.8) is 0 Å². The summed E-state index contributed by atoms with van der Waals surface area (Å²) in [6, 6.07) is 0.421. The number of fused-ring (bicyclic) bond motifs is 1. The van der Waals surface area contributed by atoms with Crippen LogP contribution in [-0.2, 0) is 0 Å².